The zero-order valence-corrected chi connectivity index (χ0v) is 37.9. The third-order valence-corrected chi connectivity index (χ3v) is 10.7. The van der Waals surface area contributed by atoms with Gasteiger partial charge in [-0.25, -0.2) is 9.59 Å². The van der Waals surface area contributed by atoms with Gasteiger partial charge < -0.3 is 39.9 Å². The van der Waals surface area contributed by atoms with Crippen LogP contribution in [-0.4, -0.2) is 131 Å². The Morgan fingerprint density at radius 2 is 1.36 bits per heavy atom. The molecule has 5 amide bonds. The minimum Gasteiger partial charge on any atom is -0.456 e. The van der Waals surface area contributed by atoms with Crippen LogP contribution in [0.3, 0.4) is 0 Å². The van der Waals surface area contributed by atoms with Crippen LogP contribution in [-0.2, 0) is 43.0 Å². The second-order valence-electron chi connectivity index (χ2n) is 17.3. The van der Waals surface area contributed by atoms with Crippen LogP contribution in [0, 0.1) is 29.6 Å². The normalized spacial score (nSPS) is 29.1. The van der Waals surface area contributed by atoms with Crippen LogP contribution in [0.2, 0.25) is 0 Å². The summed E-state index contributed by atoms with van der Waals surface area (Å²) in [5.74, 6) is -6.47. The van der Waals surface area contributed by atoms with Gasteiger partial charge >= 0.3 is 11.9 Å². The van der Waals surface area contributed by atoms with E-state index < -0.39 is 114 Å². The number of hydrogen-bond acceptors (Lipinski definition) is 10. The molecule has 15 heteroatoms. The molecule has 8 atom stereocenters. The third-order valence-electron chi connectivity index (χ3n) is 10.7. The van der Waals surface area contributed by atoms with Crippen LogP contribution in [0.1, 0.15) is 109 Å². The van der Waals surface area contributed by atoms with E-state index in [1.165, 1.54) is 55.8 Å². The average Bonchev–Trinajstić information content (AvgIpc) is 3.14. The van der Waals surface area contributed by atoms with Crippen LogP contribution >= 0.6 is 0 Å². The van der Waals surface area contributed by atoms with Crippen molar-refractivity contribution in [2.45, 2.75) is 152 Å². The SMILES string of the molecule is CC/C=C(\C)[C@H]1OC(=O)C(C)N(C)C(=O)C(C(C)C)NC(=O)CN(C)C(=O)C(CC(C)C)N(C)C(=O)C(C(C)C)NC(=O)C(C(C)C)OC(=O)/C(C)=C/C[C@H](O)[C@@H]1C. The van der Waals surface area contributed by atoms with Crippen LogP contribution in [0.15, 0.2) is 23.3 Å². The average molecular weight is 820 g/mol. The minimum absolute atomic E-state index is 0.0144. The van der Waals surface area contributed by atoms with Gasteiger partial charge in [0.05, 0.1) is 12.6 Å². The second kappa shape index (κ2) is 23.4. The maximum atomic E-state index is 14.1. The summed E-state index contributed by atoms with van der Waals surface area (Å²) in [5.41, 5.74) is 0.824. The summed E-state index contributed by atoms with van der Waals surface area (Å²) in [6, 6.07) is -4.25. The maximum Gasteiger partial charge on any atom is 0.334 e. The van der Waals surface area contributed by atoms with Crippen molar-refractivity contribution in [2.24, 2.45) is 29.6 Å². The molecular formula is C43H73N5O10. The Morgan fingerprint density at radius 3 is 1.86 bits per heavy atom. The van der Waals surface area contributed by atoms with Gasteiger partial charge in [-0.15, -0.1) is 0 Å². The molecule has 0 aromatic rings. The quantitative estimate of drug-likeness (QED) is 0.253. The molecule has 0 aliphatic carbocycles. The number of ether oxygens (including phenoxy) is 2. The Hall–Kier alpha value is -4.27. The third kappa shape index (κ3) is 14.5. The summed E-state index contributed by atoms with van der Waals surface area (Å²) in [7, 11) is 4.34. The molecule has 0 spiro atoms. The topological polar surface area (TPSA) is 192 Å². The smallest absolute Gasteiger partial charge is 0.334 e. The minimum atomic E-state index is -1.28. The van der Waals surface area contributed by atoms with Gasteiger partial charge in [0.1, 0.15) is 30.3 Å². The molecule has 0 aromatic carbocycles. The van der Waals surface area contributed by atoms with Crippen molar-refractivity contribution < 1.29 is 48.1 Å². The molecule has 0 aromatic heterocycles. The first-order chi connectivity index (χ1) is 26.8. The number of aliphatic hydroxyl groups excluding tert-OH is 1. The van der Waals surface area contributed by atoms with Gasteiger partial charge in [-0.2, -0.15) is 0 Å². The number of amides is 5. The van der Waals surface area contributed by atoms with E-state index in [2.05, 4.69) is 10.6 Å². The van der Waals surface area contributed by atoms with Crippen molar-refractivity contribution in [1.82, 2.24) is 25.3 Å². The molecule has 0 bridgehead atoms. The lowest BCUT2D eigenvalue weighted by Gasteiger charge is -2.36. The zero-order chi connectivity index (χ0) is 44.9. The van der Waals surface area contributed by atoms with E-state index in [9.17, 15) is 38.7 Å². The number of esters is 2. The van der Waals surface area contributed by atoms with Crippen LogP contribution in [0.25, 0.3) is 0 Å². The summed E-state index contributed by atoms with van der Waals surface area (Å²) in [5, 5.41) is 16.8. The van der Waals surface area contributed by atoms with E-state index in [4.69, 9.17) is 9.47 Å². The van der Waals surface area contributed by atoms with Gasteiger partial charge in [-0.3, -0.25) is 24.0 Å². The van der Waals surface area contributed by atoms with Crippen molar-refractivity contribution >= 4 is 41.5 Å². The number of nitrogens with one attached hydrogen (secondary N) is 2. The lowest BCUT2D eigenvalue weighted by Crippen LogP contribution is -2.59. The summed E-state index contributed by atoms with van der Waals surface area (Å²) in [6.07, 6.45) is 0.989. The van der Waals surface area contributed by atoms with E-state index >= 15 is 0 Å². The van der Waals surface area contributed by atoms with Gasteiger partial charge in [-0.1, -0.05) is 81.4 Å². The molecule has 0 saturated heterocycles. The van der Waals surface area contributed by atoms with Gasteiger partial charge in [0, 0.05) is 32.6 Å². The molecule has 58 heavy (non-hydrogen) atoms. The standard InChI is InChI=1S/C43H73N5O10/c1-17-18-27(10)37-29(12)32(49)20-19-28(11)42(55)57-36(26(8)9)38(51)45-35(25(6)7)41(54)48(16)31(21-23(2)3)39(52)46(14)22-33(50)44-34(24(4)5)40(53)47(15)30(13)43(56)58-37/h18-19,23-26,29-32,34-37,49H,17,20-22H2,1-16H3,(H,44,50)(H,45,51)/b27-18+,28-19+/t29-,30?,31?,32-,34?,35?,36?,37+/m0/s1. The fourth-order valence-corrected chi connectivity index (χ4v) is 6.62. The molecule has 0 fully saturated rings. The number of carbonyl (C=O) groups excluding carboxylic acids is 7. The summed E-state index contributed by atoms with van der Waals surface area (Å²) in [4.78, 5) is 99.9. The van der Waals surface area contributed by atoms with Crippen molar-refractivity contribution in [3.05, 3.63) is 23.3 Å². The van der Waals surface area contributed by atoms with Crippen LogP contribution in [0.4, 0.5) is 0 Å². The first-order valence-electron chi connectivity index (χ1n) is 20.6. The molecule has 1 aliphatic rings. The van der Waals surface area contributed by atoms with Gasteiger partial charge in [0.25, 0.3) is 5.91 Å². The highest BCUT2D eigenvalue weighted by Crippen LogP contribution is 2.25. The molecule has 0 radical (unpaired) electrons. The largest absolute Gasteiger partial charge is 0.456 e. The van der Waals surface area contributed by atoms with E-state index in [-0.39, 0.29) is 24.3 Å². The number of carbonyl (C=O) groups is 7. The van der Waals surface area contributed by atoms with Gasteiger partial charge in [0.2, 0.25) is 23.6 Å². The molecule has 1 heterocycles. The first kappa shape index (κ1) is 51.7. The molecule has 1 aliphatic heterocycles. The molecule has 3 N–H and O–H groups in total. The highest BCUT2D eigenvalue weighted by atomic mass is 16.6. The second-order valence-corrected chi connectivity index (χ2v) is 17.3. The number of aliphatic hydroxyl groups is 1. The Labute approximate surface area is 346 Å². The van der Waals surface area contributed by atoms with E-state index in [1.807, 2.05) is 26.8 Å². The summed E-state index contributed by atoms with van der Waals surface area (Å²) >= 11 is 0. The number of likely N-dealkylation sites (N-methyl/N-ethyl adjacent to an activating group) is 3. The molecule has 0 saturated carbocycles. The number of rotatable bonds is 7. The van der Waals surface area contributed by atoms with Crippen molar-refractivity contribution in [1.29, 1.82) is 0 Å². The Bertz CT molecular complexity index is 1520. The maximum absolute atomic E-state index is 14.1. The highest BCUT2D eigenvalue weighted by molar-refractivity contribution is 5.96. The molecular weight excluding hydrogens is 746 g/mol. The highest BCUT2D eigenvalue weighted by Gasteiger charge is 2.39. The van der Waals surface area contributed by atoms with Crippen molar-refractivity contribution in [3.8, 4) is 0 Å². The first-order valence-corrected chi connectivity index (χ1v) is 20.6. The van der Waals surface area contributed by atoms with E-state index in [1.54, 1.807) is 55.4 Å². The summed E-state index contributed by atoms with van der Waals surface area (Å²) in [6.45, 7) is 22.2. The fourth-order valence-electron chi connectivity index (χ4n) is 6.62. The Balaban J connectivity index is 3.84. The fraction of sp³-hybridized carbons (Fsp3) is 0.744. The zero-order valence-electron chi connectivity index (χ0n) is 37.9. The predicted molar refractivity (Wildman–Crippen MR) is 222 cm³/mol. The molecule has 1 rings (SSSR count). The lowest BCUT2D eigenvalue weighted by molar-refractivity contribution is -0.160. The number of allylic oxidation sites excluding steroid dienone is 1. The number of cyclic esters (lactones) is 2. The van der Waals surface area contributed by atoms with E-state index in [0.29, 0.717) is 12.0 Å². The monoisotopic (exact) mass is 820 g/mol. The number of nitrogens with zero attached hydrogens (tertiary/aromatic N) is 3. The number of hydrogen-bond donors (Lipinski definition) is 3. The predicted octanol–water partition coefficient (Wildman–Crippen LogP) is 3.63. The van der Waals surface area contributed by atoms with Crippen molar-refractivity contribution in [3.63, 3.8) is 0 Å². The van der Waals surface area contributed by atoms with Gasteiger partial charge in [-0.05, 0) is 69.3 Å². The summed E-state index contributed by atoms with van der Waals surface area (Å²) < 4.78 is 11.7. The molecule has 330 valence electrons. The molecule has 15 nitrogen and oxygen atoms in total. The lowest BCUT2D eigenvalue weighted by atomic mass is 9.90. The van der Waals surface area contributed by atoms with E-state index in [0.717, 1.165) is 0 Å². The Kier molecular flexibility index (Phi) is 20.8. The van der Waals surface area contributed by atoms with Crippen molar-refractivity contribution in [2.75, 3.05) is 27.7 Å². The molecule has 5 unspecified atom stereocenters. The Morgan fingerprint density at radius 1 is 0.828 bits per heavy atom. The van der Waals surface area contributed by atoms with Gasteiger partial charge in [0.15, 0.2) is 6.10 Å². The van der Waals surface area contributed by atoms with Crippen LogP contribution in [0.5, 0.6) is 0 Å². The van der Waals surface area contributed by atoms with Crippen LogP contribution < -0.4 is 10.6 Å².